The Balaban J connectivity index is 1.98. The maximum Gasteiger partial charge on any atom is 0.332 e. The van der Waals surface area contributed by atoms with Crippen molar-refractivity contribution in [3.8, 4) is 6.07 Å². The lowest BCUT2D eigenvalue weighted by atomic mass is 10.1. The topological polar surface area (TPSA) is 65.7 Å². The molecule has 0 bridgehead atoms. The minimum absolute atomic E-state index is 0.252. The number of rotatable bonds is 8. The van der Waals surface area contributed by atoms with E-state index in [0.717, 1.165) is 18.8 Å². The zero-order valence-corrected chi connectivity index (χ0v) is 15.6. The SMILES string of the molecule is CCN(CC)c1ccc(C(C#N)=CC(=O)OCC[N+]2(C)C=CN=C2)cc1. The summed E-state index contributed by atoms with van der Waals surface area (Å²) in [5.41, 5.74) is 2.09. The fourth-order valence-electron chi connectivity index (χ4n) is 2.68. The van der Waals surface area contributed by atoms with Crippen molar-refractivity contribution in [2.24, 2.45) is 4.99 Å². The van der Waals surface area contributed by atoms with Crippen LogP contribution < -0.4 is 4.90 Å². The highest BCUT2D eigenvalue weighted by atomic mass is 16.5. The van der Waals surface area contributed by atoms with Gasteiger partial charge in [0.1, 0.15) is 25.4 Å². The molecule has 0 fully saturated rings. The Labute approximate surface area is 154 Å². The number of aliphatic imine (C=N–C) groups is 1. The molecule has 0 radical (unpaired) electrons. The van der Waals surface area contributed by atoms with Gasteiger partial charge in [-0.05, 0) is 31.5 Å². The van der Waals surface area contributed by atoms with Crippen molar-refractivity contribution in [2.75, 3.05) is 38.2 Å². The molecule has 136 valence electrons. The Hall–Kier alpha value is -2.91. The molecule has 2 rings (SSSR count). The van der Waals surface area contributed by atoms with E-state index in [-0.39, 0.29) is 6.61 Å². The third kappa shape index (κ3) is 5.04. The number of quaternary nitrogens is 1. The summed E-state index contributed by atoms with van der Waals surface area (Å²) >= 11 is 0. The number of carbonyl (C=O) groups is 1. The lowest BCUT2D eigenvalue weighted by molar-refractivity contribution is -0.756. The maximum absolute atomic E-state index is 12.0. The fraction of sp³-hybridized carbons (Fsp3) is 0.350. The third-order valence-corrected chi connectivity index (χ3v) is 4.33. The van der Waals surface area contributed by atoms with Crippen molar-refractivity contribution < 1.29 is 14.0 Å². The summed E-state index contributed by atoms with van der Waals surface area (Å²) in [6.07, 6.45) is 6.67. The Bertz CT molecular complexity index is 741. The molecule has 26 heavy (non-hydrogen) atoms. The van der Waals surface area contributed by atoms with Gasteiger partial charge in [-0.2, -0.15) is 5.26 Å². The van der Waals surface area contributed by atoms with Crippen LogP contribution in [0.2, 0.25) is 0 Å². The van der Waals surface area contributed by atoms with Gasteiger partial charge in [-0.3, -0.25) is 4.48 Å². The summed E-state index contributed by atoms with van der Waals surface area (Å²) in [6, 6.07) is 9.71. The van der Waals surface area contributed by atoms with E-state index in [4.69, 9.17) is 4.74 Å². The second kappa shape index (κ2) is 8.97. The van der Waals surface area contributed by atoms with Gasteiger partial charge >= 0.3 is 5.97 Å². The Kier molecular flexibility index (Phi) is 6.70. The molecule has 1 aliphatic heterocycles. The number of esters is 1. The number of likely N-dealkylation sites (N-methyl/N-ethyl adjacent to an activating group) is 1. The normalized spacial score (nSPS) is 18.6. The second-order valence-electron chi connectivity index (χ2n) is 6.19. The van der Waals surface area contributed by atoms with Gasteiger partial charge < -0.3 is 9.64 Å². The van der Waals surface area contributed by atoms with Gasteiger partial charge in [-0.15, -0.1) is 0 Å². The standard InChI is InChI=1S/C20H25N4O2/c1-4-23(5-2)19-8-6-17(7-9-19)18(15-21)14-20(25)26-13-12-24(3)11-10-22-16-24/h6-11,14,16H,4-5,12-13H2,1-3H3/q+1. The minimum Gasteiger partial charge on any atom is -0.456 e. The average molecular weight is 353 g/mol. The zero-order valence-electron chi connectivity index (χ0n) is 15.6. The van der Waals surface area contributed by atoms with Crippen LogP contribution in [-0.4, -0.2) is 50.1 Å². The van der Waals surface area contributed by atoms with Crippen molar-refractivity contribution in [1.29, 1.82) is 5.26 Å². The van der Waals surface area contributed by atoms with Gasteiger partial charge in [0.2, 0.25) is 0 Å². The fourth-order valence-corrected chi connectivity index (χ4v) is 2.68. The van der Waals surface area contributed by atoms with Crippen molar-refractivity contribution in [3.05, 3.63) is 48.3 Å². The highest BCUT2D eigenvalue weighted by Crippen LogP contribution is 2.20. The predicted molar refractivity (Wildman–Crippen MR) is 103 cm³/mol. The van der Waals surface area contributed by atoms with Crippen LogP contribution >= 0.6 is 0 Å². The molecule has 1 aromatic rings. The van der Waals surface area contributed by atoms with Crippen LogP contribution in [0.4, 0.5) is 5.69 Å². The summed E-state index contributed by atoms with van der Waals surface area (Å²) in [6.45, 7) is 6.88. The maximum atomic E-state index is 12.0. The molecule has 1 aromatic carbocycles. The lowest BCUT2D eigenvalue weighted by Gasteiger charge is -2.21. The number of allylic oxidation sites excluding steroid dienone is 1. The molecule has 6 heteroatoms. The quantitative estimate of drug-likeness (QED) is 0.312. The van der Waals surface area contributed by atoms with E-state index in [2.05, 4.69) is 29.8 Å². The number of hydrogen-bond acceptors (Lipinski definition) is 5. The molecule has 0 saturated heterocycles. The number of carbonyl (C=O) groups excluding carboxylic acids is 1. The monoisotopic (exact) mass is 353 g/mol. The van der Waals surface area contributed by atoms with Crippen LogP contribution in [0.5, 0.6) is 0 Å². The van der Waals surface area contributed by atoms with Crippen LogP contribution in [0, 0.1) is 11.3 Å². The second-order valence-corrected chi connectivity index (χ2v) is 6.19. The van der Waals surface area contributed by atoms with Crippen LogP contribution in [0.1, 0.15) is 19.4 Å². The molecule has 0 aromatic heterocycles. The number of nitriles is 1. The highest BCUT2D eigenvalue weighted by Gasteiger charge is 2.19. The van der Waals surface area contributed by atoms with Gasteiger partial charge in [0, 0.05) is 24.9 Å². The molecule has 0 aliphatic carbocycles. The molecule has 1 unspecified atom stereocenters. The smallest absolute Gasteiger partial charge is 0.332 e. The van der Waals surface area contributed by atoms with Crippen LogP contribution in [0.15, 0.2) is 47.7 Å². The molecule has 0 amide bonds. The van der Waals surface area contributed by atoms with Crippen molar-refractivity contribution in [2.45, 2.75) is 13.8 Å². The number of ether oxygens (including phenoxy) is 1. The third-order valence-electron chi connectivity index (χ3n) is 4.33. The summed E-state index contributed by atoms with van der Waals surface area (Å²) in [5, 5.41) is 9.37. The van der Waals surface area contributed by atoms with Crippen LogP contribution in [0.25, 0.3) is 5.57 Å². The first-order valence-corrected chi connectivity index (χ1v) is 8.72. The minimum atomic E-state index is -0.513. The van der Waals surface area contributed by atoms with E-state index in [1.807, 2.05) is 37.5 Å². The molecule has 1 atom stereocenters. The number of anilines is 1. The van der Waals surface area contributed by atoms with E-state index >= 15 is 0 Å². The zero-order chi connectivity index (χ0) is 19.0. The van der Waals surface area contributed by atoms with E-state index in [0.29, 0.717) is 22.2 Å². The molecule has 0 saturated carbocycles. The number of nitrogens with zero attached hydrogens (tertiary/aromatic N) is 4. The van der Waals surface area contributed by atoms with Crippen molar-refractivity contribution in [3.63, 3.8) is 0 Å². The Morgan fingerprint density at radius 3 is 2.54 bits per heavy atom. The molecular formula is C20H25N4O2+. The average Bonchev–Trinajstić information content (AvgIpc) is 3.08. The highest BCUT2D eigenvalue weighted by molar-refractivity contribution is 5.95. The van der Waals surface area contributed by atoms with Gasteiger partial charge in [0.25, 0.3) is 0 Å². The molecular weight excluding hydrogens is 328 g/mol. The summed E-state index contributed by atoms with van der Waals surface area (Å²) < 4.78 is 5.73. The molecule has 1 heterocycles. The van der Waals surface area contributed by atoms with Crippen LogP contribution in [0.3, 0.4) is 0 Å². The Morgan fingerprint density at radius 2 is 2.00 bits per heavy atom. The lowest BCUT2D eigenvalue weighted by Crippen LogP contribution is -2.38. The molecule has 0 spiro atoms. The van der Waals surface area contributed by atoms with Gasteiger partial charge in [0.15, 0.2) is 6.34 Å². The van der Waals surface area contributed by atoms with E-state index in [1.165, 1.54) is 6.08 Å². The number of benzene rings is 1. The molecule has 0 N–H and O–H groups in total. The molecule has 6 nitrogen and oxygen atoms in total. The summed E-state index contributed by atoms with van der Waals surface area (Å²) in [4.78, 5) is 18.3. The first kappa shape index (κ1) is 19.4. The summed E-state index contributed by atoms with van der Waals surface area (Å²) in [5.74, 6) is -0.513. The first-order valence-electron chi connectivity index (χ1n) is 8.72. The first-order chi connectivity index (χ1) is 12.5. The van der Waals surface area contributed by atoms with Crippen molar-refractivity contribution >= 4 is 23.6 Å². The van der Waals surface area contributed by atoms with E-state index in [1.54, 1.807) is 12.5 Å². The van der Waals surface area contributed by atoms with Gasteiger partial charge in [0.05, 0.1) is 18.8 Å². The van der Waals surface area contributed by atoms with Crippen molar-refractivity contribution in [1.82, 2.24) is 0 Å². The van der Waals surface area contributed by atoms with Gasteiger partial charge in [-0.25, -0.2) is 9.79 Å². The predicted octanol–water partition coefficient (Wildman–Crippen LogP) is 2.94. The van der Waals surface area contributed by atoms with E-state index < -0.39 is 5.97 Å². The van der Waals surface area contributed by atoms with Gasteiger partial charge in [-0.1, -0.05) is 12.1 Å². The van der Waals surface area contributed by atoms with Crippen LogP contribution in [-0.2, 0) is 9.53 Å². The molecule has 1 aliphatic rings. The van der Waals surface area contributed by atoms with E-state index in [9.17, 15) is 10.1 Å². The summed E-state index contributed by atoms with van der Waals surface area (Å²) in [7, 11) is 1.97. The largest absolute Gasteiger partial charge is 0.456 e. The number of hydrogen-bond donors (Lipinski definition) is 0. The Morgan fingerprint density at radius 1 is 1.31 bits per heavy atom.